The molecule has 0 radical (unpaired) electrons. The first kappa shape index (κ1) is 18.0. The van der Waals surface area contributed by atoms with Gasteiger partial charge in [0, 0.05) is 11.1 Å². The number of carbonyl (C=O) groups excluding carboxylic acids is 2. The molecule has 0 amide bonds. The average Bonchev–Trinajstić information content (AvgIpc) is 2.65. The first-order chi connectivity index (χ1) is 11.9. The highest BCUT2D eigenvalue weighted by molar-refractivity contribution is 6.49. The Labute approximate surface area is 143 Å². The Balaban J connectivity index is 2.39. The molecule has 2 rings (SSSR count). The summed E-state index contributed by atoms with van der Waals surface area (Å²) in [4.78, 5) is 35.7. The third kappa shape index (κ3) is 3.60. The molecule has 0 saturated carbocycles. The van der Waals surface area contributed by atoms with Crippen molar-refractivity contribution in [3.05, 3.63) is 53.1 Å². The molecule has 0 heterocycles. The molecule has 0 unspecified atom stereocenters. The van der Waals surface area contributed by atoms with E-state index in [2.05, 4.69) is 0 Å². The standard InChI is InChI=1S/C18H16O7/c1-23-13-8-12(9-14(24-2)17(13)25-3)16(20)15(19)10-4-6-11(7-5-10)18(21)22/h4-9H,1-3H3,(H,21,22). The summed E-state index contributed by atoms with van der Waals surface area (Å²) >= 11 is 0. The molecule has 0 aliphatic rings. The number of carboxylic acids is 1. The van der Waals surface area contributed by atoms with Crippen molar-refractivity contribution in [3.8, 4) is 17.2 Å². The van der Waals surface area contributed by atoms with Crippen molar-refractivity contribution in [2.24, 2.45) is 0 Å². The van der Waals surface area contributed by atoms with Gasteiger partial charge in [-0.1, -0.05) is 12.1 Å². The Morgan fingerprint density at radius 2 is 1.16 bits per heavy atom. The van der Waals surface area contributed by atoms with E-state index >= 15 is 0 Å². The van der Waals surface area contributed by atoms with Crippen molar-refractivity contribution in [1.29, 1.82) is 0 Å². The van der Waals surface area contributed by atoms with Gasteiger partial charge in [-0.3, -0.25) is 9.59 Å². The van der Waals surface area contributed by atoms with E-state index in [1.54, 1.807) is 0 Å². The van der Waals surface area contributed by atoms with Gasteiger partial charge in [0.05, 0.1) is 26.9 Å². The maximum Gasteiger partial charge on any atom is 0.335 e. The molecule has 0 aromatic heterocycles. The summed E-state index contributed by atoms with van der Waals surface area (Å²) in [7, 11) is 4.23. The second-order valence-corrected chi connectivity index (χ2v) is 4.95. The normalized spacial score (nSPS) is 10.0. The second kappa shape index (κ2) is 7.48. The van der Waals surface area contributed by atoms with Crippen LogP contribution in [0.2, 0.25) is 0 Å². The van der Waals surface area contributed by atoms with Crippen LogP contribution in [-0.4, -0.2) is 44.0 Å². The van der Waals surface area contributed by atoms with Gasteiger partial charge in [-0.25, -0.2) is 4.79 Å². The van der Waals surface area contributed by atoms with E-state index in [0.29, 0.717) is 5.75 Å². The minimum atomic E-state index is -1.12. The molecule has 7 nitrogen and oxygen atoms in total. The van der Waals surface area contributed by atoms with E-state index in [1.165, 1.54) is 57.7 Å². The summed E-state index contributed by atoms with van der Waals surface area (Å²) in [5.41, 5.74) is 0.183. The van der Waals surface area contributed by atoms with Gasteiger partial charge in [0.2, 0.25) is 17.3 Å². The zero-order valence-electron chi connectivity index (χ0n) is 13.9. The molecule has 0 aliphatic carbocycles. The third-order valence-corrected chi connectivity index (χ3v) is 3.53. The molecule has 7 heteroatoms. The summed E-state index contributed by atoms with van der Waals surface area (Å²) in [5.74, 6) is -1.86. The van der Waals surface area contributed by atoms with E-state index in [4.69, 9.17) is 19.3 Å². The van der Waals surface area contributed by atoms with Crippen LogP contribution in [0.15, 0.2) is 36.4 Å². The van der Waals surface area contributed by atoms with Gasteiger partial charge in [0.15, 0.2) is 11.5 Å². The van der Waals surface area contributed by atoms with Crippen molar-refractivity contribution in [2.45, 2.75) is 0 Å². The molecule has 0 bridgehead atoms. The molecule has 0 spiro atoms. The smallest absolute Gasteiger partial charge is 0.335 e. The number of Topliss-reactive ketones (excluding diaryl/α,β-unsaturated/α-hetero) is 2. The second-order valence-electron chi connectivity index (χ2n) is 4.95. The van der Waals surface area contributed by atoms with Gasteiger partial charge in [-0.15, -0.1) is 0 Å². The van der Waals surface area contributed by atoms with Gasteiger partial charge < -0.3 is 19.3 Å². The summed E-state index contributed by atoms with van der Waals surface area (Å²) in [6.07, 6.45) is 0. The van der Waals surface area contributed by atoms with Crippen LogP contribution < -0.4 is 14.2 Å². The number of carbonyl (C=O) groups is 3. The Kier molecular flexibility index (Phi) is 5.38. The highest BCUT2D eigenvalue weighted by Crippen LogP contribution is 2.38. The monoisotopic (exact) mass is 344 g/mol. The van der Waals surface area contributed by atoms with Crippen LogP contribution in [0.4, 0.5) is 0 Å². The maximum absolute atomic E-state index is 12.5. The predicted octanol–water partition coefficient (Wildman–Crippen LogP) is 2.48. The third-order valence-electron chi connectivity index (χ3n) is 3.53. The number of carboxylic acid groups (broad SMARTS) is 1. The van der Waals surface area contributed by atoms with Crippen LogP contribution in [-0.2, 0) is 0 Å². The Hall–Kier alpha value is -3.35. The minimum absolute atomic E-state index is 0.0248. The zero-order chi connectivity index (χ0) is 18.6. The molecule has 0 aliphatic heterocycles. The van der Waals surface area contributed by atoms with Crippen LogP contribution in [0.25, 0.3) is 0 Å². The lowest BCUT2D eigenvalue weighted by molar-refractivity contribution is 0.0696. The molecule has 25 heavy (non-hydrogen) atoms. The molecule has 2 aromatic carbocycles. The molecule has 1 N–H and O–H groups in total. The number of hydrogen-bond acceptors (Lipinski definition) is 6. The van der Waals surface area contributed by atoms with E-state index in [-0.39, 0.29) is 28.2 Å². The zero-order valence-corrected chi connectivity index (χ0v) is 13.9. The minimum Gasteiger partial charge on any atom is -0.493 e. The quantitative estimate of drug-likeness (QED) is 0.608. The fraction of sp³-hybridized carbons (Fsp3) is 0.167. The van der Waals surface area contributed by atoms with Crippen LogP contribution in [0, 0.1) is 0 Å². The van der Waals surface area contributed by atoms with Crippen molar-refractivity contribution in [2.75, 3.05) is 21.3 Å². The SMILES string of the molecule is COc1cc(C(=O)C(=O)c2ccc(C(=O)O)cc2)cc(OC)c1OC. The molecular formula is C18H16O7. The van der Waals surface area contributed by atoms with Gasteiger partial charge in [-0.2, -0.15) is 0 Å². The number of methoxy groups -OCH3 is 3. The van der Waals surface area contributed by atoms with Gasteiger partial charge in [-0.05, 0) is 24.3 Å². The lowest BCUT2D eigenvalue weighted by Gasteiger charge is -2.13. The fourth-order valence-electron chi connectivity index (χ4n) is 2.24. The van der Waals surface area contributed by atoms with Crippen molar-refractivity contribution >= 4 is 17.5 Å². The van der Waals surface area contributed by atoms with Crippen molar-refractivity contribution < 1.29 is 33.7 Å². The first-order valence-electron chi connectivity index (χ1n) is 7.15. The van der Waals surface area contributed by atoms with E-state index < -0.39 is 17.5 Å². The Bertz CT molecular complexity index is 797. The van der Waals surface area contributed by atoms with Crippen LogP contribution in [0.5, 0.6) is 17.2 Å². The number of aromatic carboxylic acids is 1. The number of hydrogen-bond donors (Lipinski definition) is 1. The summed E-state index contributed by atoms with van der Waals surface area (Å²) in [5, 5.41) is 8.87. The molecule has 130 valence electrons. The Morgan fingerprint density at radius 1 is 0.720 bits per heavy atom. The number of rotatable bonds is 7. The fourth-order valence-corrected chi connectivity index (χ4v) is 2.24. The molecule has 0 atom stereocenters. The van der Waals surface area contributed by atoms with E-state index in [1.807, 2.05) is 0 Å². The average molecular weight is 344 g/mol. The number of benzene rings is 2. The summed E-state index contributed by atoms with van der Waals surface area (Å²) in [6, 6.07) is 7.87. The molecule has 0 fully saturated rings. The van der Waals surface area contributed by atoms with Crippen LogP contribution in [0.3, 0.4) is 0 Å². The van der Waals surface area contributed by atoms with Gasteiger partial charge in [0.25, 0.3) is 0 Å². The first-order valence-corrected chi connectivity index (χ1v) is 7.15. The van der Waals surface area contributed by atoms with Crippen molar-refractivity contribution in [1.82, 2.24) is 0 Å². The predicted molar refractivity (Wildman–Crippen MR) is 88.2 cm³/mol. The molecular weight excluding hydrogens is 328 g/mol. The Morgan fingerprint density at radius 3 is 1.56 bits per heavy atom. The molecule has 0 saturated heterocycles. The van der Waals surface area contributed by atoms with Gasteiger partial charge in [0.1, 0.15) is 0 Å². The maximum atomic E-state index is 12.5. The number of ketones is 2. The topological polar surface area (TPSA) is 99.1 Å². The number of ether oxygens (including phenoxy) is 3. The summed E-state index contributed by atoms with van der Waals surface area (Å²) < 4.78 is 15.5. The van der Waals surface area contributed by atoms with E-state index in [0.717, 1.165) is 0 Å². The van der Waals surface area contributed by atoms with E-state index in [9.17, 15) is 14.4 Å². The van der Waals surface area contributed by atoms with Gasteiger partial charge >= 0.3 is 5.97 Å². The highest BCUT2D eigenvalue weighted by atomic mass is 16.5. The lowest BCUT2D eigenvalue weighted by atomic mass is 10.00. The van der Waals surface area contributed by atoms with Crippen LogP contribution in [0.1, 0.15) is 31.1 Å². The van der Waals surface area contributed by atoms with Crippen LogP contribution >= 0.6 is 0 Å². The van der Waals surface area contributed by atoms with Crippen molar-refractivity contribution in [3.63, 3.8) is 0 Å². The summed E-state index contributed by atoms with van der Waals surface area (Å²) in [6.45, 7) is 0. The highest BCUT2D eigenvalue weighted by Gasteiger charge is 2.23. The molecule has 2 aromatic rings. The lowest BCUT2D eigenvalue weighted by Crippen LogP contribution is -2.15. The largest absolute Gasteiger partial charge is 0.493 e.